The Kier molecular flexibility index (Phi) is 3.64. The molecule has 1 unspecified atom stereocenters. The minimum atomic E-state index is -0.524. The highest BCUT2D eigenvalue weighted by Gasteiger charge is 2.20. The van der Waals surface area contributed by atoms with E-state index in [4.69, 9.17) is 23.8 Å². The molecule has 1 aromatic carbocycles. The van der Waals surface area contributed by atoms with Crippen LogP contribution in [0.1, 0.15) is 13.0 Å². The normalized spacial score (nSPS) is 12.7. The van der Waals surface area contributed by atoms with Crippen molar-refractivity contribution in [3.63, 3.8) is 0 Å². The number of amides is 1. The standard InChI is InChI=1S/C12H13ClFN3OS/c1-6(11(18)16(2)3)17-10-4-7(13)8(14)5-9(10)15-12(17)19/h4-6H,1-3H3,(H,15,19). The predicted octanol–water partition coefficient (Wildman–Crippen LogP) is 3.14. The van der Waals surface area contributed by atoms with E-state index in [9.17, 15) is 9.18 Å². The first kappa shape index (κ1) is 14.0. The molecule has 0 radical (unpaired) electrons. The van der Waals surface area contributed by atoms with Crippen LogP contribution in [0.3, 0.4) is 0 Å². The number of fused-ring (bicyclic) bond motifs is 1. The number of nitrogens with one attached hydrogen (secondary N) is 1. The van der Waals surface area contributed by atoms with E-state index < -0.39 is 11.9 Å². The third-order valence-corrected chi connectivity index (χ3v) is 3.53. The van der Waals surface area contributed by atoms with Gasteiger partial charge >= 0.3 is 0 Å². The van der Waals surface area contributed by atoms with E-state index in [0.29, 0.717) is 15.8 Å². The molecule has 19 heavy (non-hydrogen) atoms. The number of benzene rings is 1. The number of hydrogen-bond donors (Lipinski definition) is 1. The molecule has 0 fully saturated rings. The Morgan fingerprint density at radius 1 is 1.53 bits per heavy atom. The fourth-order valence-corrected chi connectivity index (χ4v) is 2.51. The zero-order valence-electron chi connectivity index (χ0n) is 10.7. The van der Waals surface area contributed by atoms with Gasteiger partial charge < -0.3 is 14.5 Å². The van der Waals surface area contributed by atoms with Crippen molar-refractivity contribution >= 4 is 40.8 Å². The van der Waals surface area contributed by atoms with Gasteiger partial charge in [0.1, 0.15) is 11.9 Å². The highest BCUT2D eigenvalue weighted by molar-refractivity contribution is 7.71. The zero-order chi connectivity index (χ0) is 14.3. The first-order valence-electron chi connectivity index (χ1n) is 5.63. The number of hydrogen-bond acceptors (Lipinski definition) is 2. The van der Waals surface area contributed by atoms with Gasteiger partial charge in [-0.05, 0) is 25.2 Å². The molecule has 0 aliphatic carbocycles. The molecule has 0 bridgehead atoms. The second kappa shape index (κ2) is 4.94. The van der Waals surface area contributed by atoms with Crippen LogP contribution in [0, 0.1) is 10.6 Å². The Bertz CT molecular complexity index is 707. The number of halogens is 2. The van der Waals surface area contributed by atoms with E-state index in [1.807, 2.05) is 0 Å². The summed E-state index contributed by atoms with van der Waals surface area (Å²) in [7, 11) is 3.34. The van der Waals surface area contributed by atoms with E-state index in [0.717, 1.165) is 0 Å². The Labute approximate surface area is 119 Å². The quantitative estimate of drug-likeness (QED) is 0.866. The molecular formula is C12H13ClFN3OS. The van der Waals surface area contributed by atoms with Crippen molar-refractivity contribution in [1.29, 1.82) is 0 Å². The number of nitrogens with zero attached hydrogens (tertiary/aromatic N) is 2. The topological polar surface area (TPSA) is 41.0 Å². The molecule has 1 aromatic heterocycles. The van der Waals surface area contributed by atoms with Crippen LogP contribution < -0.4 is 0 Å². The fourth-order valence-electron chi connectivity index (χ4n) is 1.99. The summed E-state index contributed by atoms with van der Waals surface area (Å²) in [5, 5.41) is -0.000230. The Morgan fingerprint density at radius 2 is 2.16 bits per heavy atom. The monoisotopic (exact) mass is 301 g/mol. The minimum Gasteiger partial charge on any atom is -0.347 e. The summed E-state index contributed by atoms with van der Waals surface area (Å²) in [6.45, 7) is 1.74. The van der Waals surface area contributed by atoms with Gasteiger partial charge in [-0.1, -0.05) is 11.6 Å². The highest BCUT2D eigenvalue weighted by atomic mass is 35.5. The molecule has 2 rings (SSSR count). The van der Waals surface area contributed by atoms with Gasteiger partial charge in [0.25, 0.3) is 0 Å². The molecule has 0 saturated carbocycles. The molecule has 102 valence electrons. The molecule has 0 aliphatic heterocycles. The molecule has 4 nitrogen and oxygen atoms in total. The number of aromatic amines is 1. The van der Waals surface area contributed by atoms with Gasteiger partial charge in [-0.25, -0.2) is 4.39 Å². The molecule has 1 amide bonds. The van der Waals surface area contributed by atoms with Crippen LogP contribution in [-0.2, 0) is 4.79 Å². The number of carbonyl (C=O) groups is 1. The van der Waals surface area contributed by atoms with Gasteiger partial charge in [0.2, 0.25) is 5.91 Å². The molecule has 0 spiro atoms. The van der Waals surface area contributed by atoms with Crippen LogP contribution in [0.15, 0.2) is 12.1 Å². The Morgan fingerprint density at radius 3 is 2.74 bits per heavy atom. The lowest BCUT2D eigenvalue weighted by Crippen LogP contribution is -2.29. The second-order valence-electron chi connectivity index (χ2n) is 4.49. The van der Waals surface area contributed by atoms with Crippen molar-refractivity contribution in [2.75, 3.05) is 14.1 Å². The zero-order valence-corrected chi connectivity index (χ0v) is 12.3. The lowest BCUT2D eigenvalue weighted by Gasteiger charge is -2.18. The summed E-state index contributed by atoms with van der Waals surface area (Å²) in [6.07, 6.45) is 0. The average molecular weight is 302 g/mol. The van der Waals surface area contributed by atoms with Gasteiger partial charge in [-0.2, -0.15) is 0 Å². The molecular weight excluding hydrogens is 289 g/mol. The number of likely N-dealkylation sites (N-methyl/N-ethyl adjacent to an activating group) is 1. The first-order chi connectivity index (χ1) is 8.82. The van der Waals surface area contributed by atoms with Crippen LogP contribution in [0.25, 0.3) is 11.0 Å². The Balaban J connectivity index is 2.67. The number of aromatic nitrogens is 2. The van der Waals surface area contributed by atoms with Crippen LogP contribution >= 0.6 is 23.8 Å². The third kappa shape index (κ3) is 2.37. The van der Waals surface area contributed by atoms with Gasteiger partial charge in [0.05, 0.1) is 16.1 Å². The summed E-state index contributed by atoms with van der Waals surface area (Å²) >= 11 is 11.0. The third-order valence-electron chi connectivity index (χ3n) is 2.94. The molecule has 2 aromatic rings. The highest BCUT2D eigenvalue weighted by Crippen LogP contribution is 2.25. The van der Waals surface area contributed by atoms with Crippen LogP contribution in [-0.4, -0.2) is 34.5 Å². The van der Waals surface area contributed by atoms with Gasteiger partial charge in [0.15, 0.2) is 4.77 Å². The molecule has 1 heterocycles. The summed E-state index contributed by atoms with van der Waals surface area (Å²) in [4.78, 5) is 16.4. The van der Waals surface area contributed by atoms with Gasteiger partial charge in [0, 0.05) is 20.2 Å². The van der Waals surface area contributed by atoms with Gasteiger partial charge in [-0.15, -0.1) is 0 Å². The molecule has 1 N–H and O–H groups in total. The minimum absolute atomic E-state index is 0.000230. The smallest absolute Gasteiger partial charge is 0.244 e. The molecule has 0 aliphatic rings. The molecule has 7 heteroatoms. The molecule has 1 atom stereocenters. The van der Waals surface area contributed by atoms with Crippen molar-refractivity contribution in [2.24, 2.45) is 0 Å². The number of H-pyrrole nitrogens is 1. The second-order valence-corrected chi connectivity index (χ2v) is 5.29. The van der Waals surface area contributed by atoms with Crippen molar-refractivity contribution in [2.45, 2.75) is 13.0 Å². The number of carbonyl (C=O) groups excluding carboxylic acids is 1. The SMILES string of the molecule is CC(C(=O)N(C)C)n1c(=S)[nH]c2cc(F)c(Cl)cc21. The van der Waals surface area contributed by atoms with E-state index in [-0.39, 0.29) is 10.9 Å². The van der Waals surface area contributed by atoms with E-state index in [2.05, 4.69) is 4.98 Å². The number of rotatable bonds is 2. The lowest BCUT2D eigenvalue weighted by atomic mass is 10.2. The average Bonchev–Trinajstić information content (AvgIpc) is 2.63. The summed E-state index contributed by atoms with van der Waals surface area (Å²) < 4.78 is 15.4. The van der Waals surface area contributed by atoms with Crippen LogP contribution in [0.2, 0.25) is 5.02 Å². The Hall–Kier alpha value is -1.40. The summed E-state index contributed by atoms with van der Waals surface area (Å²) in [5.41, 5.74) is 1.13. The predicted molar refractivity (Wildman–Crippen MR) is 75.5 cm³/mol. The van der Waals surface area contributed by atoms with Crippen molar-refractivity contribution in [1.82, 2.24) is 14.5 Å². The van der Waals surface area contributed by atoms with Crippen molar-refractivity contribution in [3.8, 4) is 0 Å². The maximum atomic E-state index is 13.4. The first-order valence-corrected chi connectivity index (χ1v) is 6.42. The van der Waals surface area contributed by atoms with E-state index >= 15 is 0 Å². The lowest BCUT2D eigenvalue weighted by molar-refractivity contribution is -0.131. The van der Waals surface area contributed by atoms with E-state index in [1.165, 1.54) is 17.0 Å². The molecule has 0 saturated heterocycles. The van der Waals surface area contributed by atoms with Crippen molar-refractivity contribution in [3.05, 3.63) is 27.7 Å². The maximum absolute atomic E-state index is 13.4. The van der Waals surface area contributed by atoms with E-state index in [1.54, 1.807) is 25.6 Å². The van der Waals surface area contributed by atoms with Crippen LogP contribution in [0.4, 0.5) is 4.39 Å². The summed E-state index contributed by atoms with van der Waals surface area (Å²) in [6, 6.07) is 2.26. The van der Waals surface area contributed by atoms with Gasteiger partial charge in [-0.3, -0.25) is 4.79 Å². The summed E-state index contributed by atoms with van der Waals surface area (Å²) in [5.74, 6) is -0.624. The maximum Gasteiger partial charge on any atom is 0.244 e. The fraction of sp³-hybridized carbons (Fsp3) is 0.333. The van der Waals surface area contributed by atoms with Crippen LogP contribution in [0.5, 0.6) is 0 Å². The largest absolute Gasteiger partial charge is 0.347 e. The van der Waals surface area contributed by atoms with Crippen molar-refractivity contribution < 1.29 is 9.18 Å². The number of imidazole rings is 1.